The summed E-state index contributed by atoms with van der Waals surface area (Å²) >= 11 is 1.65. The quantitative estimate of drug-likeness (QED) is 0.787. The van der Waals surface area contributed by atoms with Gasteiger partial charge in [0.2, 0.25) is 0 Å². The van der Waals surface area contributed by atoms with Crippen LogP contribution in [0.4, 0.5) is 0 Å². The van der Waals surface area contributed by atoms with E-state index in [4.69, 9.17) is 0 Å². The number of carbonyl (C=O) groups excluding carboxylic acids is 1. The average molecular weight is 298 g/mol. The lowest BCUT2D eigenvalue weighted by Crippen LogP contribution is -2.27. The molecule has 0 fully saturated rings. The van der Waals surface area contributed by atoms with E-state index >= 15 is 0 Å². The first-order valence-electron chi connectivity index (χ1n) is 6.57. The topological polar surface area (TPSA) is 59.8 Å². The third-order valence-electron chi connectivity index (χ3n) is 3.03. The van der Waals surface area contributed by atoms with E-state index in [1.165, 1.54) is 0 Å². The molecule has 0 unspecified atom stereocenters. The van der Waals surface area contributed by atoms with Crippen molar-refractivity contribution in [2.24, 2.45) is 0 Å². The predicted octanol–water partition coefficient (Wildman–Crippen LogP) is 2.44. The van der Waals surface area contributed by atoms with Gasteiger partial charge in [0.25, 0.3) is 5.91 Å². The van der Waals surface area contributed by atoms with Crippen molar-refractivity contribution in [3.63, 3.8) is 0 Å². The van der Waals surface area contributed by atoms with Crippen LogP contribution in [0.5, 0.6) is 0 Å². The molecule has 0 radical (unpaired) electrons. The number of thiophene rings is 1. The van der Waals surface area contributed by atoms with E-state index in [-0.39, 0.29) is 5.91 Å². The van der Waals surface area contributed by atoms with Gasteiger partial charge in [-0.05, 0) is 29.6 Å². The maximum atomic E-state index is 11.9. The molecule has 3 heterocycles. The Morgan fingerprint density at radius 3 is 2.86 bits per heavy atom. The Morgan fingerprint density at radius 2 is 2.10 bits per heavy atom. The number of aromatic nitrogens is 3. The molecule has 1 N–H and O–H groups in total. The fourth-order valence-electron chi connectivity index (χ4n) is 1.94. The summed E-state index contributed by atoms with van der Waals surface area (Å²) in [6, 6.07) is 7.41. The van der Waals surface area contributed by atoms with Gasteiger partial charge in [0.05, 0.1) is 12.2 Å². The van der Waals surface area contributed by atoms with E-state index in [9.17, 15) is 4.79 Å². The number of carbonyl (C=O) groups is 1. The van der Waals surface area contributed by atoms with E-state index in [1.807, 2.05) is 28.4 Å². The van der Waals surface area contributed by atoms with Crippen LogP contribution in [0, 0.1) is 0 Å². The van der Waals surface area contributed by atoms with Crippen LogP contribution < -0.4 is 5.32 Å². The van der Waals surface area contributed by atoms with E-state index in [0.29, 0.717) is 18.7 Å². The second-order valence-corrected chi connectivity index (χ2v) is 5.25. The molecule has 3 aromatic heterocycles. The Labute approximate surface area is 126 Å². The average Bonchev–Trinajstić information content (AvgIpc) is 3.19. The molecule has 5 nitrogen and oxygen atoms in total. The Bertz CT molecular complexity index is 706. The van der Waals surface area contributed by atoms with Gasteiger partial charge < -0.3 is 5.32 Å². The van der Waals surface area contributed by atoms with Crippen LogP contribution in [0.15, 0.2) is 53.6 Å². The summed E-state index contributed by atoms with van der Waals surface area (Å²) in [6.45, 7) is 1.17. The molecule has 0 spiro atoms. The largest absolute Gasteiger partial charge is 0.350 e. The minimum Gasteiger partial charge on any atom is -0.350 e. The standard InChI is InChI=1S/C15H14N4OS/c20-15(12-1-5-16-6-2-12)17-7-9-19-8-3-14(18-19)13-4-10-21-11-13/h1-6,8,10-11H,7,9H2,(H,17,20). The monoisotopic (exact) mass is 298 g/mol. The fraction of sp³-hybridized carbons (Fsp3) is 0.133. The van der Waals surface area contributed by atoms with Crippen LogP contribution in [0.3, 0.4) is 0 Å². The number of pyridine rings is 1. The molecule has 0 bridgehead atoms. The molecule has 0 saturated heterocycles. The summed E-state index contributed by atoms with van der Waals surface area (Å²) in [6.07, 6.45) is 5.14. The molecule has 3 rings (SSSR count). The summed E-state index contributed by atoms with van der Waals surface area (Å²) in [5, 5.41) is 11.4. The fourth-order valence-corrected chi connectivity index (χ4v) is 2.59. The van der Waals surface area contributed by atoms with Crippen LogP contribution >= 0.6 is 11.3 Å². The second kappa shape index (κ2) is 6.32. The zero-order valence-corrected chi connectivity index (χ0v) is 12.1. The maximum absolute atomic E-state index is 11.9. The Balaban J connectivity index is 1.53. The number of rotatable bonds is 5. The lowest BCUT2D eigenvalue weighted by molar-refractivity contribution is 0.0952. The Morgan fingerprint density at radius 1 is 1.24 bits per heavy atom. The highest BCUT2D eigenvalue weighted by atomic mass is 32.1. The van der Waals surface area contributed by atoms with Crippen molar-refractivity contribution in [2.45, 2.75) is 6.54 Å². The van der Waals surface area contributed by atoms with Gasteiger partial charge in [0.1, 0.15) is 0 Å². The highest BCUT2D eigenvalue weighted by Crippen LogP contribution is 2.19. The Kier molecular flexibility index (Phi) is 4.07. The number of hydrogen-bond acceptors (Lipinski definition) is 4. The summed E-state index contributed by atoms with van der Waals surface area (Å²) in [7, 11) is 0. The van der Waals surface area contributed by atoms with Gasteiger partial charge in [-0.2, -0.15) is 16.4 Å². The molecule has 0 aliphatic rings. The normalized spacial score (nSPS) is 10.5. The zero-order valence-electron chi connectivity index (χ0n) is 11.3. The van der Waals surface area contributed by atoms with Crippen LogP contribution in [0.1, 0.15) is 10.4 Å². The smallest absolute Gasteiger partial charge is 0.251 e. The molecule has 1 amide bonds. The first kappa shape index (κ1) is 13.5. The predicted molar refractivity (Wildman–Crippen MR) is 82.1 cm³/mol. The van der Waals surface area contributed by atoms with E-state index < -0.39 is 0 Å². The highest BCUT2D eigenvalue weighted by molar-refractivity contribution is 7.08. The van der Waals surface area contributed by atoms with Crippen molar-refractivity contribution in [3.05, 3.63) is 59.2 Å². The molecule has 0 aromatic carbocycles. The molecule has 106 valence electrons. The first-order valence-corrected chi connectivity index (χ1v) is 7.51. The van der Waals surface area contributed by atoms with Gasteiger partial charge in [-0.3, -0.25) is 14.5 Å². The number of nitrogens with one attached hydrogen (secondary N) is 1. The summed E-state index contributed by atoms with van der Waals surface area (Å²) in [5.41, 5.74) is 2.70. The van der Waals surface area contributed by atoms with Crippen LogP contribution in [0.2, 0.25) is 0 Å². The summed E-state index contributed by atoms with van der Waals surface area (Å²) < 4.78 is 1.83. The zero-order chi connectivity index (χ0) is 14.5. The van der Waals surface area contributed by atoms with Crippen molar-refractivity contribution >= 4 is 17.2 Å². The SMILES string of the molecule is O=C(NCCn1ccc(-c2ccsc2)n1)c1ccncc1. The van der Waals surface area contributed by atoms with Crippen molar-refractivity contribution < 1.29 is 4.79 Å². The van der Waals surface area contributed by atoms with E-state index in [1.54, 1.807) is 35.9 Å². The van der Waals surface area contributed by atoms with Gasteiger partial charge in [-0.15, -0.1) is 0 Å². The minimum atomic E-state index is -0.0948. The van der Waals surface area contributed by atoms with E-state index in [0.717, 1.165) is 11.3 Å². The van der Waals surface area contributed by atoms with Gasteiger partial charge in [-0.25, -0.2) is 0 Å². The molecular formula is C15H14N4OS. The first-order chi connectivity index (χ1) is 10.3. The number of amides is 1. The van der Waals surface area contributed by atoms with Crippen LogP contribution in [0.25, 0.3) is 11.3 Å². The molecule has 3 aromatic rings. The molecule has 6 heteroatoms. The molecule has 0 saturated carbocycles. The Hall–Kier alpha value is -2.47. The maximum Gasteiger partial charge on any atom is 0.251 e. The molecule has 0 atom stereocenters. The van der Waals surface area contributed by atoms with Crippen molar-refractivity contribution in [1.82, 2.24) is 20.1 Å². The van der Waals surface area contributed by atoms with Crippen molar-refractivity contribution in [3.8, 4) is 11.3 Å². The number of hydrogen-bond donors (Lipinski definition) is 1. The van der Waals surface area contributed by atoms with Gasteiger partial charge in [0.15, 0.2) is 0 Å². The van der Waals surface area contributed by atoms with Gasteiger partial charge >= 0.3 is 0 Å². The lowest BCUT2D eigenvalue weighted by atomic mass is 10.2. The number of nitrogens with zero attached hydrogens (tertiary/aromatic N) is 3. The molecular weight excluding hydrogens is 284 g/mol. The van der Waals surface area contributed by atoms with Crippen molar-refractivity contribution in [1.29, 1.82) is 0 Å². The molecule has 0 aliphatic carbocycles. The highest BCUT2D eigenvalue weighted by Gasteiger charge is 2.05. The van der Waals surface area contributed by atoms with Crippen LogP contribution in [-0.4, -0.2) is 27.2 Å². The van der Waals surface area contributed by atoms with Gasteiger partial charge in [-0.1, -0.05) is 0 Å². The van der Waals surface area contributed by atoms with E-state index in [2.05, 4.69) is 20.8 Å². The third kappa shape index (κ3) is 3.35. The lowest BCUT2D eigenvalue weighted by Gasteiger charge is -2.05. The van der Waals surface area contributed by atoms with Gasteiger partial charge in [0, 0.05) is 41.6 Å². The summed E-state index contributed by atoms with van der Waals surface area (Å²) in [5.74, 6) is -0.0948. The third-order valence-corrected chi connectivity index (χ3v) is 3.71. The van der Waals surface area contributed by atoms with Crippen LogP contribution in [-0.2, 0) is 6.54 Å². The second-order valence-electron chi connectivity index (χ2n) is 4.47. The minimum absolute atomic E-state index is 0.0948. The summed E-state index contributed by atoms with van der Waals surface area (Å²) in [4.78, 5) is 15.7. The van der Waals surface area contributed by atoms with Crippen molar-refractivity contribution in [2.75, 3.05) is 6.54 Å². The molecule has 0 aliphatic heterocycles. The molecule has 21 heavy (non-hydrogen) atoms.